The Hall–Kier alpha value is -2.60. The average molecular weight is 437 g/mol. The Labute approximate surface area is 190 Å². The molecule has 0 aliphatic carbocycles. The molecule has 2 aromatic rings. The minimum Gasteiger partial charge on any atom is -0.487 e. The summed E-state index contributed by atoms with van der Waals surface area (Å²) in [6.07, 6.45) is 6.94. The molecule has 6 nitrogen and oxygen atoms in total. The van der Waals surface area contributed by atoms with Crippen molar-refractivity contribution in [2.75, 3.05) is 26.2 Å². The van der Waals surface area contributed by atoms with E-state index in [1.165, 1.54) is 30.2 Å². The summed E-state index contributed by atoms with van der Waals surface area (Å²) in [5.74, 6) is 1.02. The van der Waals surface area contributed by atoms with Gasteiger partial charge in [0.25, 0.3) is 0 Å². The van der Waals surface area contributed by atoms with Crippen molar-refractivity contribution in [2.45, 2.75) is 58.1 Å². The average Bonchev–Trinajstić information content (AvgIpc) is 3.11. The summed E-state index contributed by atoms with van der Waals surface area (Å²) in [5.41, 5.74) is 3.21. The molecule has 32 heavy (non-hydrogen) atoms. The Balaban J connectivity index is 1.17. The van der Waals surface area contributed by atoms with Gasteiger partial charge in [0, 0.05) is 48.5 Å². The predicted molar refractivity (Wildman–Crippen MR) is 121 cm³/mol. The van der Waals surface area contributed by atoms with Crippen LogP contribution < -0.4 is 9.47 Å². The van der Waals surface area contributed by atoms with Gasteiger partial charge in [0.05, 0.1) is 0 Å². The number of carbonyl (C=O) groups excluding carboxylic acids is 1. The smallest absolute Gasteiger partial charge is 0.323 e. The predicted octanol–water partition coefficient (Wildman–Crippen LogP) is 3.44. The van der Waals surface area contributed by atoms with Crippen molar-refractivity contribution >= 4 is 5.91 Å². The number of benzene rings is 1. The third-order valence-corrected chi connectivity index (χ3v) is 7.65. The van der Waals surface area contributed by atoms with Crippen LogP contribution in [-0.2, 0) is 13.0 Å². The molecule has 0 atom stereocenters. The largest absolute Gasteiger partial charge is 0.487 e. The fourth-order valence-electron chi connectivity index (χ4n) is 5.68. The van der Waals surface area contributed by atoms with E-state index in [-0.39, 0.29) is 11.5 Å². The molecule has 1 amide bonds. The van der Waals surface area contributed by atoms with Gasteiger partial charge in [-0.1, -0.05) is 18.2 Å². The van der Waals surface area contributed by atoms with Crippen molar-refractivity contribution in [3.05, 3.63) is 59.4 Å². The lowest BCUT2D eigenvalue weighted by atomic mass is 9.71. The summed E-state index contributed by atoms with van der Waals surface area (Å²) in [5, 5.41) is 9.95. The maximum Gasteiger partial charge on any atom is 0.323 e. The zero-order chi connectivity index (χ0) is 22.3. The third kappa shape index (κ3) is 4.08. The Bertz CT molecular complexity index is 1000. The summed E-state index contributed by atoms with van der Waals surface area (Å²) in [7, 11) is 0. The Morgan fingerprint density at radius 3 is 2.47 bits per heavy atom. The molecule has 5 rings (SSSR count). The standard InChI is InChI=1S/C26H34N3O3/c1-25(2)18-20-6-5-7-21(23(20)32-25)19-27-14-9-26(10-15-27)11-16-28(17-12-26)24(30)22-8-3-4-13-29(22)31/h3-8,13,31H,9-12,14-19H2,1-2H3/q+1. The normalized spacial score (nSPS) is 21.9. The maximum atomic E-state index is 12.8. The number of hydrogen-bond donors (Lipinski definition) is 1. The molecule has 170 valence electrons. The lowest BCUT2D eigenvalue weighted by Gasteiger charge is -2.46. The number of piperidine rings is 2. The van der Waals surface area contributed by atoms with Crippen LogP contribution in [0.4, 0.5) is 0 Å². The molecule has 1 spiro atoms. The fourth-order valence-corrected chi connectivity index (χ4v) is 5.68. The fraction of sp³-hybridized carbons (Fsp3) is 0.538. The summed E-state index contributed by atoms with van der Waals surface area (Å²) < 4.78 is 7.20. The molecule has 0 unspecified atom stereocenters. The molecule has 0 saturated carbocycles. The molecule has 3 aliphatic heterocycles. The van der Waals surface area contributed by atoms with Gasteiger partial charge in [-0.05, 0) is 69.7 Å². The molecule has 4 heterocycles. The van der Waals surface area contributed by atoms with E-state index in [4.69, 9.17) is 4.74 Å². The van der Waals surface area contributed by atoms with Crippen LogP contribution >= 0.6 is 0 Å². The second-order valence-corrected chi connectivity index (χ2v) is 10.4. The van der Waals surface area contributed by atoms with Crippen LogP contribution in [-0.4, -0.2) is 52.7 Å². The summed E-state index contributed by atoms with van der Waals surface area (Å²) in [4.78, 5) is 17.3. The summed E-state index contributed by atoms with van der Waals surface area (Å²) in [6.45, 7) is 9.00. The van der Waals surface area contributed by atoms with Crippen molar-refractivity contribution in [2.24, 2.45) is 5.41 Å². The van der Waals surface area contributed by atoms with Gasteiger partial charge in [0.2, 0.25) is 6.20 Å². The Morgan fingerprint density at radius 1 is 1.03 bits per heavy atom. The first-order valence-electron chi connectivity index (χ1n) is 11.9. The van der Waals surface area contributed by atoms with Crippen LogP contribution in [0.15, 0.2) is 42.6 Å². The van der Waals surface area contributed by atoms with E-state index < -0.39 is 0 Å². The van der Waals surface area contributed by atoms with Gasteiger partial charge in [-0.2, -0.15) is 0 Å². The number of aromatic nitrogens is 1. The van der Waals surface area contributed by atoms with Crippen LogP contribution in [0.25, 0.3) is 0 Å². The van der Waals surface area contributed by atoms with Gasteiger partial charge in [-0.3, -0.25) is 14.9 Å². The van der Waals surface area contributed by atoms with Crippen molar-refractivity contribution in [3.63, 3.8) is 0 Å². The van der Waals surface area contributed by atoms with Crippen LogP contribution in [0.3, 0.4) is 0 Å². The molecule has 6 heteroatoms. The number of hydrogen-bond acceptors (Lipinski definition) is 4. The molecule has 0 bridgehead atoms. The zero-order valence-corrected chi connectivity index (χ0v) is 19.2. The molecule has 1 aromatic heterocycles. The number of pyridine rings is 1. The van der Waals surface area contributed by atoms with Gasteiger partial charge in [0.15, 0.2) is 0 Å². The lowest BCUT2D eigenvalue weighted by Crippen LogP contribution is -2.50. The highest BCUT2D eigenvalue weighted by molar-refractivity contribution is 5.90. The number of para-hydroxylation sites is 1. The molecule has 0 radical (unpaired) electrons. The van der Waals surface area contributed by atoms with E-state index in [1.807, 2.05) is 4.90 Å². The Morgan fingerprint density at radius 2 is 1.75 bits per heavy atom. The first kappa shape index (κ1) is 21.3. The lowest BCUT2D eigenvalue weighted by molar-refractivity contribution is -0.906. The highest BCUT2D eigenvalue weighted by Crippen LogP contribution is 2.43. The van der Waals surface area contributed by atoms with Crippen molar-refractivity contribution in [1.29, 1.82) is 0 Å². The molecular weight excluding hydrogens is 402 g/mol. The van der Waals surface area contributed by atoms with Crippen molar-refractivity contribution < 1.29 is 19.5 Å². The minimum atomic E-state index is -0.106. The van der Waals surface area contributed by atoms with Gasteiger partial charge in [0.1, 0.15) is 11.4 Å². The van der Waals surface area contributed by atoms with Crippen LogP contribution in [0, 0.1) is 5.41 Å². The van der Waals surface area contributed by atoms with Gasteiger partial charge >= 0.3 is 11.6 Å². The monoisotopic (exact) mass is 436 g/mol. The number of nitrogens with zero attached hydrogens (tertiary/aromatic N) is 3. The van der Waals surface area contributed by atoms with Gasteiger partial charge in [-0.15, -0.1) is 0 Å². The first-order valence-corrected chi connectivity index (χ1v) is 11.9. The molecule has 2 fully saturated rings. The van der Waals surface area contributed by atoms with Crippen LogP contribution in [0.2, 0.25) is 0 Å². The molecule has 3 aliphatic rings. The van der Waals surface area contributed by atoms with E-state index >= 15 is 0 Å². The molecule has 1 aromatic carbocycles. The Kier molecular flexibility index (Phi) is 5.36. The SMILES string of the molecule is CC1(C)Cc2cccc(CN3CCC4(CC3)CCN(C(=O)c3cccc[n+]3O)CC4)c2O1. The molecule has 1 N–H and O–H groups in total. The first-order chi connectivity index (χ1) is 15.3. The number of ether oxygens (including phenoxy) is 1. The van der Waals surface area contributed by atoms with Gasteiger partial charge in [-0.25, -0.2) is 0 Å². The number of carbonyl (C=O) groups is 1. The molecule has 2 saturated heterocycles. The van der Waals surface area contributed by atoms with Crippen molar-refractivity contribution in [3.8, 4) is 5.75 Å². The zero-order valence-electron chi connectivity index (χ0n) is 19.2. The number of rotatable bonds is 3. The van der Waals surface area contributed by atoms with E-state index in [0.717, 1.165) is 62.5 Å². The van der Waals surface area contributed by atoms with E-state index in [9.17, 15) is 10.0 Å². The third-order valence-electron chi connectivity index (χ3n) is 7.65. The number of fused-ring (bicyclic) bond motifs is 1. The van der Waals surface area contributed by atoms with E-state index in [0.29, 0.717) is 11.1 Å². The summed E-state index contributed by atoms with van der Waals surface area (Å²) in [6, 6.07) is 11.8. The number of likely N-dealkylation sites (tertiary alicyclic amines) is 2. The molecular formula is C26H34N3O3+. The minimum absolute atomic E-state index is 0.0822. The summed E-state index contributed by atoms with van der Waals surface area (Å²) >= 11 is 0. The topological polar surface area (TPSA) is 56.9 Å². The second-order valence-electron chi connectivity index (χ2n) is 10.4. The van der Waals surface area contributed by atoms with E-state index in [2.05, 4.69) is 36.9 Å². The maximum absolute atomic E-state index is 12.8. The second kappa shape index (κ2) is 8.07. The van der Waals surface area contributed by atoms with Crippen molar-refractivity contribution in [1.82, 2.24) is 9.80 Å². The highest BCUT2D eigenvalue weighted by atomic mass is 16.5. The van der Waals surface area contributed by atoms with Crippen LogP contribution in [0.5, 0.6) is 5.75 Å². The van der Waals surface area contributed by atoms with Gasteiger partial charge < -0.3 is 9.64 Å². The van der Waals surface area contributed by atoms with Crippen LogP contribution in [0.1, 0.15) is 61.1 Å². The quantitative estimate of drug-likeness (QED) is 0.592. The van der Waals surface area contributed by atoms with E-state index in [1.54, 1.807) is 18.2 Å². The number of amides is 1. The highest BCUT2D eigenvalue weighted by Gasteiger charge is 2.40.